The van der Waals surface area contributed by atoms with Crippen molar-refractivity contribution in [3.63, 3.8) is 0 Å². The van der Waals surface area contributed by atoms with Crippen LogP contribution in [0.3, 0.4) is 0 Å². The maximum absolute atomic E-state index is 10.7. The van der Waals surface area contributed by atoms with Gasteiger partial charge in [-0.3, -0.25) is 4.79 Å². The molecule has 0 heterocycles. The third-order valence-electron chi connectivity index (χ3n) is 0.843. The van der Waals surface area contributed by atoms with Crippen molar-refractivity contribution in [3.05, 3.63) is 0 Å². The highest BCUT2D eigenvalue weighted by atomic mass is 32.1. The van der Waals surface area contributed by atoms with Crippen LogP contribution < -0.4 is 5.73 Å². The zero-order valence-corrected chi connectivity index (χ0v) is 6.93. The van der Waals surface area contributed by atoms with Crippen LogP contribution in [0.2, 0.25) is 0 Å². The summed E-state index contributed by atoms with van der Waals surface area (Å²) in [6.07, 6.45) is 0.350. The van der Waals surface area contributed by atoms with E-state index in [2.05, 4.69) is 17.4 Å². The van der Waals surface area contributed by atoms with Crippen molar-refractivity contribution in [2.45, 2.75) is 18.6 Å². The second kappa shape index (κ2) is 5.56. The molecule has 0 saturated heterocycles. The van der Waals surface area contributed by atoms with Crippen molar-refractivity contribution in [1.29, 1.82) is 0 Å². The molecule has 1 atom stereocenters. The van der Waals surface area contributed by atoms with E-state index >= 15 is 0 Å². The largest absolute Gasteiger partial charge is 0.464 e. The first-order valence-electron chi connectivity index (χ1n) is 3.20. The SMILES string of the molecule is CC(S)CC(=O)OCCN. The average Bonchev–Trinajstić information content (AvgIpc) is 1.82. The summed E-state index contributed by atoms with van der Waals surface area (Å²) in [6.45, 7) is 2.53. The standard InChI is InChI=1S/C6H13NO2S/c1-5(10)4-6(8)9-3-2-7/h5,10H,2-4,7H2,1H3. The Kier molecular flexibility index (Phi) is 5.43. The number of carbonyl (C=O) groups is 1. The van der Waals surface area contributed by atoms with Crippen LogP contribution in [-0.2, 0) is 9.53 Å². The molecule has 0 aliphatic rings. The Morgan fingerprint density at radius 3 is 2.80 bits per heavy atom. The minimum Gasteiger partial charge on any atom is -0.464 e. The van der Waals surface area contributed by atoms with Crippen molar-refractivity contribution >= 4 is 18.6 Å². The van der Waals surface area contributed by atoms with Gasteiger partial charge in [0.2, 0.25) is 0 Å². The Balaban J connectivity index is 3.26. The molecule has 60 valence electrons. The normalized spacial score (nSPS) is 12.7. The number of esters is 1. The summed E-state index contributed by atoms with van der Waals surface area (Å²) < 4.78 is 4.69. The topological polar surface area (TPSA) is 52.3 Å². The molecule has 0 fully saturated rings. The Morgan fingerprint density at radius 2 is 2.40 bits per heavy atom. The maximum atomic E-state index is 10.7. The van der Waals surface area contributed by atoms with Crippen LogP contribution in [0.15, 0.2) is 0 Å². The van der Waals surface area contributed by atoms with E-state index < -0.39 is 0 Å². The molecule has 0 radical (unpaired) electrons. The molecule has 0 spiro atoms. The zero-order chi connectivity index (χ0) is 7.98. The van der Waals surface area contributed by atoms with E-state index in [1.165, 1.54) is 0 Å². The van der Waals surface area contributed by atoms with Crippen molar-refractivity contribution in [2.24, 2.45) is 5.73 Å². The highest BCUT2D eigenvalue weighted by Crippen LogP contribution is 1.99. The molecular formula is C6H13NO2S. The zero-order valence-electron chi connectivity index (χ0n) is 6.04. The van der Waals surface area contributed by atoms with Crippen LogP contribution in [-0.4, -0.2) is 24.4 Å². The first kappa shape index (κ1) is 9.78. The molecule has 0 aliphatic heterocycles. The fourth-order valence-corrected chi connectivity index (χ4v) is 0.622. The molecule has 0 rings (SSSR count). The fourth-order valence-electron chi connectivity index (χ4n) is 0.473. The molecule has 3 nitrogen and oxygen atoms in total. The van der Waals surface area contributed by atoms with Gasteiger partial charge in [-0.25, -0.2) is 0 Å². The number of nitrogens with two attached hydrogens (primary N) is 1. The molecular weight excluding hydrogens is 150 g/mol. The van der Waals surface area contributed by atoms with E-state index in [1.54, 1.807) is 0 Å². The second-order valence-electron chi connectivity index (χ2n) is 2.06. The van der Waals surface area contributed by atoms with Gasteiger partial charge in [-0.05, 0) is 0 Å². The number of ether oxygens (including phenoxy) is 1. The number of rotatable bonds is 4. The van der Waals surface area contributed by atoms with Crippen molar-refractivity contribution in [3.8, 4) is 0 Å². The minimum atomic E-state index is -0.229. The van der Waals surface area contributed by atoms with E-state index in [1.807, 2.05) is 6.92 Å². The molecule has 0 bridgehead atoms. The summed E-state index contributed by atoms with van der Waals surface area (Å²) >= 11 is 4.03. The van der Waals surface area contributed by atoms with E-state index in [4.69, 9.17) is 5.73 Å². The lowest BCUT2D eigenvalue weighted by Gasteiger charge is -2.03. The van der Waals surface area contributed by atoms with Gasteiger partial charge in [-0.1, -0.05) is 6.92 Å². The van der Waals surface area contributed by atoms with Gasteiger partial charge >= 0.3 is 5.97 Å². The van der Waals surface area contributed by atoms with Crippen molar-refractivity contribution < 1.29 is 9.53 Å². The third-order valence-corrected chi connectivity index (χ3v) is 1.03. The van der Waals surface area contributed by atoms with Crippen molar-refractivity contribution in [1.82, 2.24) is 0 Å². The lowest BCUT2D eigenvalue weighted by Crippen LogP contribution is -2.15. The van der Waals surface area contributed by atoms with Gasteiger partial charge < -0.3 is 10.5 Å². The fraction of sp³-hybridized carbons (Fsp3) is 0.833. The molecule has 0 aromatic rings. The molecule has 0 aromatic heterocycles. The van der Waals surface area contributed by atoms with Crippen LogP contribution in [0.25, 0.3) is 0 Å². The lowest BCUT2D eigenvalue weighted by molar-refractivity contribution is -0.143. The van der Waals surface area contributed by atoms with Crippen LogP contribution in [0.1, 0.15) is 13.3 Å². The Bertz CT molecular complexity index is 106. The minimum absolute atomic E-state index is 0.0604. The summed E-state index contributed by atoms with van der Waals surface area (Å²) in [5.41, 5.74) is 5.11. The van der Waals surface area contributed by atoms with E-state index in [9.17, 15) is 4.79 Å². The molecule has 0 aliphatic carbocycles. The molecule has 2 N–H and O–H groups in total. The van der Waals surface area contributed by atoms with Gasteiger partial charge in [0.15, 0.2) is 0 Å². The molecule has 4 heteroatoms. The number of thiol groups is 1. The summed E-state index contributed by atoms with van der Waals surface area (Å²) in [4.78, 5) is 10.7. The Labute approximate surface area is 66.3 Å². The van der Waals surface area contributed by atoms with Gasteiger partial charge in [0.1, 0.15) is 6.61 Å². The van der Waals surface area contributed by atoms with E-state index in [0.717, 1.165) is 0 Å². The van der Waals surface area contributed by atoms with Gasteiger partial charge in [0.25, 0.3) is 0 Å². The van der Waals surface area contributed by atoms with Crippen molar-refractivity contribution in [2.75, 3.05) is 13.2 Å². The number of hydrogen-bond donors (Lipinski definition) is 2. The molecule has 0 amide bonds. The molecule has 0 aromatic carbocycles. The first-order chi connectivity index (χ1) is 4.66. The molecule has 1 unspecified atom stereocenters. The third kappa shape index (κ3) is 5.91. The van der Waals surface area contributed by atoms with Gasteiger partial charge in [-0.2, -0.15) is 12.6 Å². The van der Waals surface area contributed by atoms with Gasteiger partial charge in [-0.15, -0.1) is 0 Å². The predicted molar refractivity (Wildman–Crippen MR) is 43.1 cm³/mol. The Morgan fingerprint density at radius 1 is 1.80 bits per heavy atom. The molecule has 0 saturated carbocycles. The molecule has 10 heavy (non-hydrogen) atoms. The summed E-state index contributed by atoms with van der Waals surface area (Å²) in [7, 11) is 0. The number of hydrogen-bond acceptors (Lipinski definition) is 4. The monoisotopic (exact) mass is 163 g/mol. The highest BCUT2D eigenvalue weighted by molar-refractivity contribution is 7.80. The first-order valence-corrected chi connectivity index (χ1v) is 3.72. The second-order valence-corrected chi connectivity index (χ2v) is 2.94. The van der Waals surface area contributed by atoms with E-state index in [0.29, 0.717) is 19.6 Å². The number of carbonyl (C=O) groups excluding carboxylic acids is 1. The van der Waals surface area contributed by atoms with Gasteiger partial charge in [0, 0.05) is 11.8 Å². The van der Waals surface area contributed by atoms with Crippen LogP contribution in [0.5, 0.6) is 0 Å². The summed E-state index contributed by atoms with van der Waals surface area (Å²) in [6, 6.07) is 0. The average molecular weight is 163 g/mol. The van der Waals surface area contributed by atoms with Crippen LogP contribution >= 0.6 is 12.6 Å². The lowest BCUT2D eigenvalue weighted by atomic mass is 10.3. The Hall–Kier alpha value is -0.220. The predicted octanol–water partition coefficient (Wildman–Crippen LogP) is 0.197. The van der Waals surface area contributed by atoms with Crippen LogP contribution in [0.4, 0.5) is 0 Å². The summed E-state index contributed by atoms with van der Waals surface area (Å²) in [5.74, 6) is -0.229. The van der Waals surface area contributed by atoms with Gasteiger partial charge in [0.05, 0.1) is 6.42 Å². The summed E-state index contributed by atoms with van der Waals surface area (Å²) in [5, 5.41) is 0.0604. The smallest absolute Gasteiger partial charge is 0.306 e. The maximum Gasteiger partial charge on any atom is 0.306 e. The van der Waals surface area contributed by atoms with Crippen LogP contribution in [0, 0.1) is 0 Å². The highest BCUT2D eigenvalue weighted by Gasteiger charge is 2.04. The quantitative estimate of drug-likeness (QED) is 0.460. The van der Waals surface area contributed by atoms with E-state index in [-0.39, 0.29) is 11.2 Å².